The molecule has 9 heteroatoms. The van der Waals surface area contributed by atoms with E-state index in [1.54, 1.807) is 0 Å². The Hall–Kier alpha value is -1.99. The summed E-state index contributed by atoms with van der Waals surface area (Å²) in [5, 5.41) is 12.9. The summed E-state index contributed by atoms with van der Waals surface area (Å²) in [4.78, 5) is 0. The molecule has 2 unspecified atom stereocenters. The van der Waals surface area contributed by atoms with E-state index in [0.29, 0.717) is 25.6 Å². The van der Waals surface area contributed by atoms with Crippen LogP contribution in [0.1, 0.15) is 123 Å². The zero-order valence-electron chi connectivity index (χ0n) is 35.4. The van der Waals surface area contributed by atoms with Crippen molar-refractivity contribution >= 4 is 27.6 Å². The summed E-state index contributed by atoms with van der Waals surface area (Å²) in [6.07, 6.45) is 4.40. The number of aliphatic hydroxyl groups excluding tert-OH is 1. The first-order chi connectivity index (χ1) is 24.7. The maximum Gasteiger partial charge on any atom is 0.192 e. The number of ether oxygens (including phenoxy) is 3. The molecule has 2 fully saturated rings. The van der Waals surface area contributed by atoms with Crippen LogP contribution in [0.2, 0.25) is 36.3 Å². The van der Waals surface area contributed by atoms with E-state index < -0.39 is 28.5 Å². The maximum atomic E-state index is 11.8. The molecule has 2 aromatic carbocycles. The quantitative estimate of drug-likeness (QED) is 0.122. The molecule has 2 aliphatic heterocycles. The fraction of sp³-hybridized carbons (Fsp3) is 0.682. The van der Waals surface area contributed by atoms with Crippen LogP contribution in [0.4, 0.5) is 0 Å². The largest absolute Gasteiger partial charge is 0.488 e. The Morgan fingerprint density at radius 1 is 0.943 bits per heavy atom. The highest BCUT2D eigenvalue weighted by Gasteiger charge is 2.70. The van der Waals surface area contributed by atoms with Crippen molar-refractivity contribution in [1.29, 1.82) is 0 Å². The minimum atomic E-state index is -2.20. The molecule has 1 spiro atoms. The minimum absolute atomic E-state index is 0.0170. The first-order valence-corrected chi connectivity index (χ1v) is 26.0. The predicted molar refractivity (Wildman–Crippen MR) is 221 cm³/mol. The molecule has 53 heavy (non-hydrogen) atoms. The summed E-state index contributed by atoms with van der Waals surface area (Å²) in [6, 6.07) is 12.6. The van der Waals surface area contributed by atoms with E-state index in [4.69, 9.17) is 27.5 Å². The lowest BCUT2D eigenvalue weighted by Crippen LogP contribution is -2.58. The third-order valence-electron chi connectivity index (χ3n) is 12.7. The van der Waals surface area contributed by atoms with Crippen molar-refractivity contribution in [2.45, 2.75) is 187 Å². The Bertz CT molecular complexity index is 1670. The predicted octanol–water partition coefficient (Wildman–Crippen LogP) is 11.7. The van der Waals surface area contributed by atoms with Gasteiger partial charge in [-0.1, -0.05) is 106 Å². The molecule has 0 aliphatic carbocycles. The summed E-state index contributed by atoms with van der Waals surface area (Å²) in [7, 11) is -4.33. The summed E-state index contributed by atoms with van der Waals surface area (Å²) >= 11 is 0. The van der Waals surface area contributed by atoms with Gasteiger partial charge >= 0.3 is 0 Å². The van der Waals surface area contributed by atoms with Gasteiger partial charge in [-0.3, -0.25) is 0 Å². The number of hydrogen-bond donors (Lipinski definition) is 1. The van der Waals surface area contributed by atoms with Gasteiger partial charge in [0, 0.05) is 23.3 Å². The number of rotatable bonds is 15. The highest BCUT2D eigenvalue weighted by Crippen LogP contribution is 2.55. The Kier molecular flexibility index (Phi) is 12.6. The molecular weight excluding hydrogens is 697 g/mol. The van der Waals surface area contributed by atoms with E-state index in [9.17, 15) is 5.11 Å². The Labute approximate surface area is 322 Å². The summed E-state index contributed by atoms with van der Waals surface area (Å²) in [6.45, 7) is 32.5. The SMILES string of the molecule is CCCC(c1coc2c(CO[Si](C)(C)C(C)(C)C)c(OCc3ccccc3)c(CC(C)C)cc12)[C@H]1C[C@H](O[Si](C)(C)C(C)(C)C)[C@@]2(OC2CC)[C@H](O)O1. The molecule has 0 bridgehead atoms. The molecule has 5 rings (SSSR count). The molecule has 2 aliphatic rings. The van der Waals surface area contributed by atoms with Crippen molar-refractivity contribution in [3.63, 3.8) is 0 Å². The molecule has 296 valence electrons. The van der Waals surface area contributed by atoms with Crippen LogP contribution >= 0.6 is 0 Å². The van der Waals surface area contributed by atoms with Crippen LogP contribution in [0.5, 0.6) is 5.75 Å². The van der Waals surface area contributed by atoms with Gasteiger partial charge in [-0.2, -0.15) is 0 Å². The Morgan fingerprint density at radius 2 is 1.60 bits per heavy atom. The van der Waals surface area contributed by atoms with E-state index in [-0.39, 0.29) is 34.3 Å². The van der Waals surface area contributed by atoms with Gasteiger partial charge in [0.2, 0.25) is 0 Å². The minimum Gasteiger partial charge on any atom is -0.488 e. The highest BCUT2D eigenvalue weighted by molar-refractivity contribution is 6.74. The van der Waals surface area contributed by atoms with Gasteiger partial charge in [0.25, 0.3) is 0 Å². The zero-order valence-corrected chi connectivity index (χ0v) is 37.4. The van der Waals surface area contributed by atoms with E-state index in [2.05, 4.69) is 126 Å². The first kappa shape index (κ1) is 42.2. The van der Waals surface area contributed by atoms with Crippen LogP contribution in [-0.4, -0.2) is 51.9 Å². The average molecular weight is 767 g/mol. The van der Waals surface area contributed by atoms with E-state index in [1.165, 1.54) is 0 Å². The average Bonchev–Trinajstić information content (AvgIpc) is 3.66. The molecular formula is C44H70O7Si2. The standard InChI is InChI=1S/C44H70O7Si2/c1-15-20-32(36-25-38(51-53(13,14)43(8,9)10)44(41(45)49-36)37(16-2)50-44)34-27-47-40-33(34)24-31(23-29(3)4)39(46-26-30-21-18-17-19-22-30)35(40)28-48-52(11,12)42(5,6)7/h17-19,21-22,24,27,29,32,36-38,41,45H,15-16,20,23,25-26,28H2,1-14H3/t32?,36-,37?,38+,41-,44-/m1/s1. The van der Waals surface area contributed by atoms with Gasteiger partial charge < -0.3 is 32.6 Å². The Balaban J connectivity index is 1.61. The van der Waals surface area contributed by atoms with Crippen LogP contribution in [-0.2, 0) is 38.0 Å². The second kappa shape index (κ2) is 15.9. The molecule has 6 atom stereocenters. The third-order valence-corrected chi connectivity index (χ3v) is 21.7. The van der Waals surface area contributed by atoms with E-state index >= 15 is 0 Å². The van der Waals surface area contributed by atoms with E-state index in [1.807, 2.05) is 12.3 Å². The van der Waals surface area contributed by atoms with Gasteiger partial charge in [0.1, 0.15) is 17.9 Å². The van der Waals surface area contributed by atoms with E-state index in [0.717, 1.165) is 64.7 Å². The lowest BCUT2D eigenvalue weighted by Gasteiger charge is -2.46. The van der Waals surface area contributed by atoms with Crippen LogP contribution in [0.15, 0.2) is 47.1 Å². The summed E-state index contributed by atoms with van der Waals surface area (Å²) < 4.78 is 40.5. The third kappa shape index (κ3) is 8.72. The van der Waals surface area contributed by atoms with Crippen LogP contribution in [0.25, 0.3) is 11.0 Å². The molecule has 0 amide bonds. The lowest BCUT2D eigenvalue weighted by molar-refractivity contribution is -0.234. The fourth-order valence-electron chi connectivity index (χ4n) is 7.47. The second-order valence-corrected chi connectivity index (χ2v) is 28.8. The topological polar surface area (TPSA) is 82.8 Å². The van der Waals surface area contributed by atoms with Gasteiger partial charge in [-0.15, -0.1) is 0 Å². The monoisotopic (exact) mass is 766 g/mol. The maximum absolute atomic E-state index is 11.8. The number of furan rings is 1. The number of aliphatic hydroxyl groups is 1. The molecule has 0 radical (unpaired) electrons. The lowest BCUT2D eigenvalue weighted by atomic mass is 9.80. The molecule has 0 saturated carbocycles. The normalized spacial score (nSPS) is 24.7. The molecule has 1 aromatic heterocycles. The number of fused-ring (bicyclic) bond motifs is 1. The van der Waals surface area contributed by atoms with Gasteiger partial charge in [0.05, 0.1) is 36.7 Å². The molecule has 3 heterocycles. The number of hydrogen-bond acceptors (Lipinski definition) is 7. The smallest absolute Gasteiger partial charge is 0.192 e. The van der Waals surface area contributed by atoms with Crippen LogP contribution in [0.3, 0.4) is 0 Å². The van der Waals surface area contributed by atoms with Crippen molar-refractivity contribution in [2.75, 3.05) is 0 Å². The fourth-order valence-corrected chi connectivity index (χ4v) is 9.75. The Morgan fingerprint density at radius 3 is 2.17 bits per heavy atom. The van der Waals surface area contributed by atoms with Gasteiger partial charge in [-0.05, 0) is 78.6 Å². The summed E-state index contributed by atoms with van der Waals surface area (Å²) in [5.74, 6) is 1.26. The van der Waals surface area contributed by atoms with Crippen molar-refractivity contribution in [2.24, 2.45) is 5.92 Å². The zero-order chi connectivity index (χ0) is 39.1. The van der Waals surface area contributed by atoms with Crippen molar-refractivity contribution in [3.8, 4) is 5.75 Å². The van der Waals surface area contributed by atoms with Gasteiger partial charge in [0.15, 0.2) is 28.5 Å². The first-order valence-electron chi connectivity index (χ1n) is 20.2. The van der Waals surface area contributed by atoms with Crippen molar-refractivity contribution in [3.05, 3.63) is 64.9 Å². The second-order valence-electron chi connectivity index (χ2n) is 19.2. The highest BCUT2D eigenvalue weighted by atomic mass is 28.4. The molecule has 3 aromatic rings. The van der Waals surface area contributed by atoms with Gasteiger partial charge in [-0.25, -0.2) is 0 Å². The summed E-state index contributed by atoms with van der Waals surface area (Å²) in [5.41, 5.74) is 4.36. The molecule has 1 N–H and O–H groups in total. The molecule has 7 nitrogen and oxygen atoms in total. The number of benzene rings is 2. The van der Waals surface area contributed by atoms with Crippen molar-refractivity contribution < 1.29 is 32.6 Å². The van der Waals surface area contributed by atoms with Crippen LogP contribution in [0, 0.1) is 5.92 Å². The van der Waals surface area contributed by atoms with Crippen LogP contribution < -0.4 is 4.74 Å². The number of epoxide rings is 1. The molecule has 2 saturated heterocycles. The van der Waals surface area contributed by atoms with Crippen molar-refractivity contribution in [1.82, 2.24) is 0 Å².